The minimum absolute atomic E-state index is 0.364. The summed E-state index contributed by atoms with van der Waals surface area (Å²) >= 11 is 2.04. The lowest BCUT2D eigenvalue weighted by atomic mass is 10.2. The van der Waals surface area contributed by atoms with Gasteiger partial charge in [0.1, 0.15) is 0 Å². The molecule has 1 nitrogen and oxygen atoms in total. The summed E-state index contributed by atoms with van der Waals surface area (Å²) in [6.07, 6.45) is 3.39. The van der Waals surface area contributed by atoms with Crippen LogP contribution in [0.1, 0.15) is 53.9 Å². The third-order valence-corrected chi connectivity index (χ3v) is 3.63. The molecule has 1 atom stereocenters. The summed E-state index contributed by atoms with van der Waals surface area (Å²) in [6, 6.07) is 0.616. The van der Waals surface area contributed by atoms with E-state index in [4.69, 9.17) is 0 Å². The molecule has 16 heavy (non-hydrogen) atoms. The average molecular weight is 241 g/mol. The van der Waals surface area contributed by atoms with Gasteiger partial charge in [-0.25, -0.2) is 0 Å². The zero-order chi connectivity index (χ0) is 12.4. The lowest BCUT2D eigenvalue weighted by Gasteiger charge is -2.23. The molecule has 0 saturated carbocycles. The van der Waals surface area contributed by atoms with E-state index in [1.807, 2.05) is 18.7 Å². The Bertz CT molecular complexity index is 219. The molecule has 0 aromatic carbocycles. The summed E-state index contributed by atoms with van der Waals surface area (Å²) < 4.78 is 0.364. The minimum Gasteiger partial charge on any atom is -0.313 e. The van der Waals surface area contributed by atoms with Crippen molar-refractivity contribution in [3.63, 3.8) is 0 Å². The van der Waals surface area contributed by atoms with Crippen LogP contribution in [0.25, 0.3) is 0 Å². The normalized spacial score (nSPS) is 13.1. The first-order chi connectivity index (χ1) is 7.49. The third kappa shape index (κ3) is 10.4. The zero-order valence-corrected chi connectivity index (χ0v) is 12.3. The molecule has 2 heteroatoms. The van der Waals surface area contributed by atoms with Crippen LogP contribution in [0.4, 0.5) is 0 Å². The van der Waals surface area contributed by atoms with E-state index in [1.165, 1.54) is 18.6 Å². The van der Waals surface area contributed by atoms with Crippen molar-refractivity contribution in [3.8, 4) is 11.8 Å². The van der Waals surface area contributed by atoms with Crippen LogP contribution in [0.15, 0.2) is 0 Å². The molecule has 0 aromatic heterocycles. The first kappa shape index (κ1) is 15.9. The van der Waals surface area contributed by atoms with Crippen LogP contribution in [0, 0.1) is 11.8 Å². The quantitative estimate of drug-likeness (QED) is 0.682. The van der Waals surface area contributed by atoms with Gasteiger partial charge >= 0.3 is 0 Å². The van der Waals surface area contributed by atoms with Gasteiger partial charge < -0.3 is 5.32 Å². The lowest BCUT2D eigenvalue weighted by Crippen LogP contribution is -2.33. The van der Waals surface area contributed by atoms with E-state index in [9.17, 15) is 0 Å². The van der Waals surface area contributed by atoms with E-state index in [0.29, 0.717) is 10.8 Å². The Morgan fingerprint density at radius 1 is 1.31 bits per heavy atom. The molecule has 0 aliphatic carbocycles. The van der Waals surface area contributed by atoms with Crippen molar-refractivity contribution < 1.29 is 0 Å². The van der Waals surface area contributed by atoms with Gasteiger partial charge in [-0.15, -0.1) is 11.8 Å². The van der Waals surface area contributed by atoms with Gasteiger partial charge in [-0.1, -0.05) is 27.7 Å². The standard InChI is InChI=1S/C14H27NS/c1-6-8-9-10-13(15-11-7-2)12-16-14(3,4)5/h13,15H,7,9-12H2,1-5H3. The van der Waals surface area contributed by atoms with Crippen LogP contribution >= 0.6 is 11.8 Å². The Morgan fingerprint density at radius 2 is 2.00 bits per heavy atom. The van der Waals surface area contributed by atoms with E-state index in [2.05, 4.69) is 44.9 Å². The molecule has 0 radical (unpaired) electrons. The van der Waals surface area contributed by atoms with Gasteiger partial charge in [-0.2, -0.15) is 11.8 Å². The summed E-state index contributed by atoms with van der Waals surface area (Å²) in [5, 5.41) is 3.61. The predicted molar refractivity (Wildman–Crippen MR) is 77.0 cm³/mol. The second-order valence-electron chi connectivity index (χ2n) is 5.04. The lowest BCUT2D eigenvalue weighted by molar-refractivity contribution is 0.525. The van der Waals surface area contributed by atoms with E-state index >= 15 is 0 Å². The zero-order valence-electron chi connectivity index (χ0n) is 11.5. The van der Waals surface area contributed by atoms with Crippen molar-refractivity contribution in [2.45, 2.75) is 64.7 Å². The highest BCUT2D eigenvalue weighted by atomic mass is 32.2. The molecular weight excluding hydrogens is 214 g/mol. The smallest absolute Gasteiger partial charge is 0.0167 e. The molecular formula is C14H27NS. The maximum Gasteiger partial charge on any atom is 0.0167 e. The fraction of sp³-hybridized carbons (Fsp3) is 0.857. The second-order valence-corrected chi connectivity index (χ2v) is 6.89. The molecule has 0 fully saturated rings. The molecule has 0 amide bonds. The SMILES string of the molecule is CC#CCCC(CSC(C)(C)C)NCCC. The Hall–Kier alpha value is -0.130. The van der Waals surface area contributed by atoms with Gasteiger partial charge in [0.25, 0.3) is 0 Å². The molecule has 0 aromatic rings. The van der Waals surface area contributed by atoms with Gasteiger partial charge in [-0.3, -0.25) is 0 Å². The molecule has 1 unspecified atom stereocenters. The monoisotopic (exact) mass is 241 g/mol. The summed E-state index contributed by atoms with van der Waals surface area (Å²) in [5.74, 6) is 7.31. The average Bonchev–Trinajstić information content (AvgIpc) is 2.20. The van der Waals surface area contributed by atoms with E-state index in [-0.39, 0.29) is 0 Å². The number of hydrogen-bond acceptors (Lipinski definition) is 2. The van der Waals surface area contributed by atoms with Crippen LogP contribution in [-0.4, -0.2) is 23.1 Å². The fourth-order valence-electron chi connectivity index (χ4n) is 1.31. The maximum atomic E-state index is 3.61. The van der Waals surface area contributed by atoms with Crippen LogP contribution in [0.5, 0.6) is 0 Å². The molecule has 0 aliphatic heterocycles. The van der Waals surface area contributed by atoms with Crippen molar-refractivity contribution in [1.82, 2.24) is 5.32 Å². The topological polar surface area (TPSA) is 12.0 Å². The van der Waals surface area contributed by atoms with Gasteiger partial charge in [0.15, 0.2) is 0 Å². The van der Waals surface area contributed by atoms with Gasteiger partial charge in [0.2, 0.25) is 0 Å². The molecule has 0 rings (SSSR count). The highest BCUT2D eigenvalue weighted by molar-refractivity contribution is 8.00. The largest absolute Gasteiger partial charge is 0.313 e. The molecule has 1 N–H and O–H groups in total. The molecule has 94 valence electrons. The van der Waals surface area contributed by atoms with E-state index in [1.54, 1.807) is 0 Å². The highest BCUT2D eigenvalue weighted by Gasteiger charge is 2.14. The fourth-order valence-corrected chi connectivity index (χ4v) is 2.30. The maximum absolute atomic E-state index is 3.61. The van der Waals surface area contributed by atoms with Crippen LogP contribution in [-0.2, 0) is 0 Å². The molecule has 0 aliphatic rings. The summed E-state index contributed by atoms with van der Waals surface area (Å²) in [5.41, 5.74) is 0. The number of thioether (sulfide) groups is 1. The number of hydrogen-bond donors (Lipinski definition) is 1. The van der Waals surface area contributed by atoms with Gasteiger partial charge in [0, 0.05) is 23.0 Å². The van der Waals surface area contributed by atoms with Crippen molar-refractivity contribution in [2.24, 2.45) is 0 Å². The number of rotatable bonds is 7. The van der Waals surface area contributed by atoms with E-state index < -0.39 is 0 Å². The highest BCUT2D eigenvalue weighted by Crippen LogP contribution is 2.24. The Morgan fingerprint density at radius 3 is 2.50 bits per heavy atom. The van der Waals surface area contributed by atoms with Crippen LogP contribution in [0.2, 0.25) is 0 Å². The molecule has 0 bridgehead atoms. The Labute approximate surface area is 106 Å². The van der Waals surface area contributed by atoms with E-state index in [0.717, 1.165) is 13.0 Å². The van der Waals surface area contributed by atoms with Crippen molar-refractivity contribution in [1.29, 1.82) is 0 Å². The second kappa shape index (κ2) is 8.96. The summed E-state index contributed by atoms with van der Waals surface area (Å²) in [4.78, 5) is 0. The van der Waals surface area contributed by atoms with Crippen LogP contribution < -0.4 is 5.32 Å². The first-order valence-electron chi connectivity index (χ1n) is 6.26. The van der Waals surface area contributed by atoms with Crippen molar-refractivity contribution in [3.05, 3.63) is 0 Å². The molecule has 0 spiro atoms. The van der Waals surface area contributed by atoms with Gasteiger partial charge in [0.05, 0.1) is 0 Å². The first-order valence-corrected chi connectivity index (χ1v) is 7.25. The third-order valence-electron chi connectivity index (χ3n) is 2.20. The molecule has 0 saturated heterocycles. The Balaban J connectivity index is 3.92. The number of nitrogens with one attached hydrogen (secondary N) is 1. The van der Waals surface area contributed by atoms with Gasteiger partial charge in [-0.05, 0) is 26.3 Å². The Kier molecular flexibility index (Phi) is 8.89. The van der Waals surface area contributed by atoms with Crippen molar-refractivity contribution >= 4 is 11.8 Å². The van der Waals surface area contributed by atoms with Crippen LogP contribution in [0.3, 0.4) is 0 Å². The summed E-state index contributed by atoms with van der Waals surface area (Å²) in [7, 11) is 0. The minimum atomic E-state index is 0.364. The van der Waals surface area contributed by atoms with Crippen molar-refractivity contribution in [2.75, 3.05) is 12.3 Å². The summed E-state index contributed by atoms with van der Waals surface area (Å²) in [6.45, 7) is 12.1. The predicted octanol–water partition coefficient (Wildman–Crippen LogP) is 3.69. The molecule has 0 heterocycles.